The van der Waals surface area contributed by atoms with Gasteiger partial charge in [0.05, 0.1) is 11.4 Å². The number of rotatable bonds is 5. The van der Waals surface area contributed by atoms with Crippen molar-refractivity contribution in [2.45, 2.75) is 17.4 Å². The predicted molar refractivity (Wildman–Crippen MR) is 95.6 cm³/mol. The fourth-order valence-electron chi connectivity index (χ4n) is 2.55. The van der Waals surface area contributed by atoms with E-state index in [0.717, 1.165) is 5.82 Å². The fourth-order valence-corrected chi connectivity index (χ4v) is 4.17. The number of halogens is 1. The molecule has 0 amide bonds. The predicted octanol–water partition coefficient (Wildman–Crippen LogP) is 2.04. The molecule has 25 heavy (non-hydrogen) atoms. The highest BCUT2D eigenvalue weighted by molar-refractivity contribution is 7.89. The first-order valence-electron chi connectivity index (χ1n) is 7.80. The minimum atomic E-state index is -3.55. The first-order valence-corrected chi connectivity index (χ1v) is 9.61. The van der Waals surface area contributed by atoms with E-state index in [-0.39, 0.29) is 17.5 Å². The summed E-state index contributed by atoms with van der Waals surface area (Å²) in [6.07, 6.45) is 0.353. The fraction of sp³-hybridized carbons (Fsp3) is 0.375. The van der Waals surface area contributed by atoms with Crippen LogP contribution >= 0.6 is 11.6 Å². The van der Waals surface area contributed by atoms with Crippen LogP contribution in [0.25, 0.3) is 0 Å². The molecule has 2 heterocycles. The molecule has 7 nitrogen and oxygen atoms in total. The van der Waals surface area contributed by atoms with Crippen molar-refractivity contribution < 1.29 is 13.2 Å². The molecular formula is C16H19ClN4O3S. The summed E-state index contributed by atoms with van der Waals surface area (Å²) >= 11 is 5.82. The van der Waals surface area contributed by atoms with Gasteiger partial charge in [0, 0.05) is 31.7 Å². The average Bonchev–Trinajstić information content (AvgIpc) is 3.05. The monoisotopic (exact) mass is 382 g/mol. The molecule has 9 heteroatoms. The number of benzene rings is 1. The molecule has 1 atom stereocenters. The van der Waals surface area contributed by atoms with Gasteiger partial charge in [0.15, 0.2) is 5.82 Å². The number of aromatic nitrogens is 2. The van der Waals surface area contributed by atoms with Gasteiger partial charge in [-0.15, -0.1) is 10.2 Å². The molecule has 1 aliphatic rings. The second-order valence-electron chi connectivity index (χ2n) is 5.97. The van der Waals surface area contributed by atoms with Crippen molar-refractivity contribution >= 4 is 27.4 Å². The molecule has 0 radical (unpaired) electrons. The minimum absolute atomic E-state index is 0.229. The van der Waals surface area contributed by atoms with Gasteiger partial charge in [-0.2, -0.15) is 4.31 Å². The third kappa shape index (κ3) is 4.02. The molecular weight excluding hydrogens is 364 g/mol. The van der Waals surface area contributed by atoms with E-state index in [0.29, 0.717) is 23.9 Å². The lowest BCUT2D eigenvalue weighted by Gasteiger charge is -2.17. The summed E-state index contributed by atoms with van der Waals surface area (Å²) < 4.78 is 32.5. The smallest absolute Gasteiger partial charge is 0.243 e. The van der Waals surface area contributed by atoms with Gasteiger partial charge in [-0.1, -0.05) is 11.6 Å². The average molecular weight is 383 g/mol. The lowest BCUT2D eigenvalue weighted by molar-refractivity contribution is 0.204. The van der Waals surface area contributed by atoms with Crippen LogP contribution in [0.2, 0.25) is 5.02 Å². The SMILES string of the molecule is CN(C)c1ccc(OC2CCN(S(=O)(=O)c3ccc(Cl)cc3)C2)nn1. The Bertz CT molecular complexity index is 825. The molecule has 0 N–H and O–H groups in total. The quantitative estimate of drug-likeness (QED) is 0.787. The maximum absolute atomic E-state index is 12.7. The number of hydrogen-bond donors (Lipinski definition) is 0. The van der Waals surface area contributed by atoms with Crippen molar-refractivity contribution in [3.63, 3.8) is 0 Å². The number of anilines is 1. The van der Waals surface area contributed by atoms with Gasteiger partial charge >= 0.3 is 0 Å². The van der Waals surface area contributed by atoms with Gasteiger partial charge in [-0.25, -0.2) is 8.42 Å². The molecule has 1 aliphatic heterocycles. The van der Waals surface area contributed by atoms with Crippen molar-refractivity contribution in [2.24, 2.45) is 0 Å². The van der Waals surface area contributed by atoms with Crippen LogP contribution in [0.1, 0.15) is 6.42 Å². The first-order chi connectivity index (χ1) is 11.9. The summed E-state index contributed by atoms with van der Waals surface area (Å²) in [6.45, 7) is 0.681. The molecule has 3 rings (SSSR count). The van der Waals surface area contributed by atoms with E-state index in [4.69, 9.17) is 16.3 Å². The van der Waals surface area contributed by atoms with E-state index in [9.17, 15) is 8.42 Å². The maximum atomic E-state index is 12.7. The third-order valence-corrected chi connectivity index (χ3v) is 6.06. The van der Waals surface area contributed by atoms with Crippen LogP contribution in [-0.2, 0) is 10.0 Å². The number of ether oxygens (including phenoxy) is 1. The third-order valence-electron chi connectivity index (χ3n) is 3.93. The number of hydrogen-bond acceptors (Lipinski definition) is 6. The molecule has 134 valence electrons. The zero-order chi connectivity index (χ0) is 18.0. The lowest BCUT2D eigenvalue weighted by Crippen LogP contribution is -2.31. The van der Waals surface area contributed by atoms with Gasteiger partial charge in [0.1, 0.15) is 6.10 Å². The van der Waals surface area contributed by atoms with E-state index < -0.39 is 10.0 Å². The Kier molecular flexibility index (Phi) is 5.12. The van der Waals surface area contributed by atoms with Crippen LogP contribution in [0.15, 0.2) is 41.3 Å². The normalized spacial score (nSPS) is 18.3. The molecule has 2 aromatic rings. The Morgan fingerprint density at radius 1 is 1.16 bits per heavy atom. The molecule has 1 aromatic heterocycles. The van der Waals surface area contributed by atoms with Crippen molar-refractivity contribution in [2.75, 3.05) is 32.1 Å². The van der Waals surface area contributed by atoms with Crippen LogP contribution in [0.5, 0.6) is 5.88 Å². The first kappa shape index (κ1) is 17.9. The number of nitrogens with zero attached hydrogens (tertiary/aromatic N) is 4. The topological polar surface area (TPSA) is 75.6 Å². The van der Waals surface area contributed by atoms with Crippen molar-refractivity contribution in [1.82, 2.24) is 14.5 Å². The molecule has 0 saturated carbocycles. The van der Waals surface area contributed by atoms with E-state index in [1.54, 1.807) is 24.3 Å². The Morgan fingerprint density at radius 2 is 1.88 bits per heavy atom. The summed E-state index contributed by atoms with van der Waals surface area (Å²) in [4.78, 5) is 2.07. The molecule has 1 aromatic carbocycles. The Balaban J connectivity index is 1.66. The van der Waals surface area contributed by atoms with Crippen LogP contribution in [-0.4, -0.2) is 56.2 Å². The highest BCUT2D eigenvalue weighted by Gasteiger charge is 2.33. The summed E-state index contributed by atoms with van der Waals surface area (Å²) in [5.41, 5.74) is 0. The standard InChI is InChI=1S/C16H19ClN4O3S/c1-20(2)15-7-8-16(19-18-15)24-13-9-10-21(11-13)25(22,23)14-5-3-12(17)4-6-14/h3-8,13H,9-11H2,1-2H3. The van der Waals surface area contributed by atoms with E-state index in [2.05, 4.69) is 10.2 Å². The largest absolute Gasteiger partial charge is 0.472 e. The highest BCUT2D eigenvalue weighted by atomic mass is 35.5. The maximum Gasteiger partial charge on any atom is 0.243 e. The summed E-state index contributed by atoms with van der Waals surface area (Å²) in [5.74, 6) is 1.12. The molecule has 0 aliphatic carbocycles. The van der Waals surface area contributed by atoms with E-state index in [1.807, 2.05) is 19.0 Å². The van der Waals surface area contributed by atoms with Crippen LogP contribution < -0.4 is 9.64 Å². The Hall–Kier alpha value is -1.90. The van der Waals surface area contributed by atoms with Crippen LogP contribution in [0.3, 0.4) is 0 Å². The van der Waals surface area contributed by atoms with Gasteiger partial charge in [0.25, 0.3) is 0 Å². The molecule has 0 bridgehead atoms. The molecule has 0 spiro atoms. The van der Waals surface area contributed by atoms with Crippen molar-refractivity contribution in [1.29, 1.82) is 0 Å². The highest BCUT2D eigenvalue weighted by Crippen LogP contribution is 2.24. The Morgan fingerprint density at radius 3 is 2.48 bits per heavy atom. The second-order valence-corrected chi connectivity index (χ2v) is 8.34. The van der Waals surface area contributed by atoms with Crippen molar-refractivity contribution in [3.8, 4) is 5.88 Å². The van der Waals surface area contributed by atoms with Crippen LogP contribution in [0, 0.1) is 0 Å². The van der Waals surface area contributed by atoms with E-state index >= 15 is 0 Å². The van der Waals surface area contributed by atoms with Gasteiger partial charge in [-0.05, 0) is 36.8 Å². The lowest BCUT2D eigenvalue weighted by atomic mass is 10.3. The Labute approximate surface area is 152 Å². The summed E-state index contributed by atoms with van der Waals surface area (Å²) in [5, 5.41) is 8.57. The summed E-state index contributed by atoms with van der Waals surface area (Å²) in [7, 11) is 0.205. The second kappa shape index (κ2) is 7.15. The summed E-state index contributed by atoms with van der Waals surface area (Å²) in [6, 6.07) is 9.70. The molecule has 1 fully saturated rings. The molecule has 1 unspecified atom stereocenters. The molecule has 1 saturated heterocycles. The van der Waals surface area contributed by atoms with Gasteiger partial charge in [-0.3, -0.25) is 0 Å². The van der Waals surface area contributed by atoms with Gasteiger partial charge in [0.2, 0.25) is 15.9 Å². The van der Waals surface area contributed by atoms with Crippen molar-refractivity contribution in [3.05, 3.63) is 41.4 Å². The van der Waals surface area contributed by atoms with Gasteiger partial charge < -0.3 is 9.64 Å². The van der Waals surface area contributed by atoms with E-state index in [1.165, 1.54) is 16.4 Å². The zero-order valence-corrected chi connectivity index (χ0v) is 15.5. The zero-order valence-electron chi connectivity index (χ0n) is 14.0. The number of sulfonamides is 1. The minimum Gasteiger partial charge on any atom is -0.472 e. The van der Waals surface area contributed by atoms with Crippen LogP contribution in [0.4, 0.5) is 5.82 Å².